The number of nitrogens with zero attached hydrogens (tertiary/aromatic N) is 2. The van der Waals surface area contributed by atoms with Crippen LogP contribution in [0.1, 0.15) is 18.0 Å². The van der Waals surface area contributed by atoms with Crippen molar-refractivity contribution >= 4 is 17.8 Å². The quantitative estimate of drug-likeness (QED) is 0.912. The highest BCUT2D eigenvalue weighted by atomic mass is 32.2. The second kappa shape index (κ2) is 6.67. The Kier molecular flexibility index (Phi) is 4.45. The monoisotopic (exact) mass is 302 g/mol. The van der Waals surface area contributed by atoms with E-state index in [-0.39, 0.29) is 12.1 Å². The van der Waals surface area contributed by atoms with Gasteiger partial charge in [0.15, 0.2) is 0 Å². The Morgan fingerprint density at radius 2 is 2.33 bits per heavy atom. The Morgan fingerprint density at radius 1 is 1.43 bits per heavy atom. The van der Waals surface area contributed by atoms with Gasteiger partial charge in [-0.3, -0.25) is 0 Å². The Morgan fingerprint density at radius 3 is 3.19 bits per heavy atom. The minimum absolute atomic E-state index is 0.107. The van der Waals surface area contributed by atoms with Crippen molar-refractivity contribution in [2.45, 2.75) is 23.9 Å². The Labute approximate surface area is 128 Å². The van der Waals surface area contributed by atoms with Crippen LogP contribution in [0.15, 0.2) is 47.9 Å². The summed E-state index contributed by atoms with van der Waals surface area (Å²) in [5.74, 6) is 1.04. The number of carbonyl (C=O) groups excluding carboxylic acids is 1. The standard InChI is InChI=1S/C15H18N4OS/c20-15(17-7-9-19-8-6-16-11-19)18-13-5-10-21-14-4-2-1-3-12(13)14/h1-4,6,8,11,13H,5,7,9-10H2,(H2,17,18,20)/t13-/m0/s1. The Hall–Kier alpha value is -1.95. The number of carbonyl (C=O) groups is 1. The molecule has 0 saturated carbocycles. The number of benzene rings is 1. The summed E-state index contributed by atoms with van der Waals surface area (Å²) >= 11 is 1.85. The van der Waals surface area contributed by atoms with Crippen molar-refractivity contribution in [1.29, 1.82) is 0 Å². The highest BCUT2D eigenvalue weighted by Crippen LogP contribution is 2.35. The van der Waals surface area contributed by atoms with E-state index in [0.29, 0.717) is 6.54 Å². The first-order valence-corrected chi connectivity index (χ1v) is 8.03. The van der Waals surface area contributed by atoms with Gasteiger partial charge in [0, 0.05) is 36.1 Å². The van der Waals surface area contributed by atoms with Crippen LogP contribution in [0.25, 0.3) is 0 Å². The van der Waals surface area contributed by atoms with Crippen molar-refractivity contribution in [3.05, 3.63) is 48.5 Å². The molecule has 2 amide bonds. The zero-order chi connectivity index (χ0) is 14.5. The number of urea groups is 1. The van der Waals surface area contributed by atoms with Crippen LogP contribution < -0.4 is 10.6 Å². The Bertz CT molecular complexity index is 599. The molecule has 0 fully saturated rings. The summed E-state index contributed by atoms with van der Waals surface area (Å²) in [6, 6.07) is 8.27. The predicted octanol–water partition coefficient (Wildman–Crippen LogP) is 2.42. The summed E-state index contributed by atoms with van der Waals surface area (Å²) in [7, 11) is 0. The van der Waals surface area contributed by atoms with Crippen molar-refractivity contribution in [2.75, 3.05) is 12.3 Å². The number of fused-ring (bicyclic) bond motifs is 1. The van der Waals surface area contributed by atoms with Gasteiger partial charge in [0.1, 0.15) is 0 Å². The van der Waals surface area contributed by atoms with E-state index < -0.39 is 0 Å². The van der Waals surface area contributed by atoms with Gasteiger partial charge in [-0.2, -0.15) is 0 Å². The lowest BCUT2D eigenvalue weighted by Crippen LogP contribution is -2.40. The number of imidazole rings is 1. The molecule has 0 aliphatic carbocycles. The SMILES string of the molecule is O=C(NCCn1ccnc1)N[C@H]1CCSc2ccccc21. The zero-order valence-corrected chi connectivity index (χ0v) is 12.5. The summed E-state index contributed by atoms with van der Waals surface area (Å²) in [6.45, 7) is 1.32. The maximum atomic E-state index is 12.0. The lowest BCUT2D eigenvalue weighted by molar-refractivity contribution is 0.236. The summed E-state index contributed by atoms with van der Waals surface area (Å²) in [4.78, 5) is 17.2. The molecular weight excluding hydrogens is 284 g/mol. The minimum atomic E-state index is -0.109. The molecule has 0 bridgehead atoms. The fourth-order valence-electron chi connectivity index (χ4n) is 2.42. The van der Waals surface area contributed by atoms with E-state index >= 15 is 0 Å². The Balaban J connectivity index is 1.51. The van der Waals surface area contributed by atoms with Gasteiger partial charge < -0.3 is 15.2 Å². The summed E-state index contributed by atoms with van der Waals surface area (Å²) < 4.78 is 1.94. The van der Waals surface area contributed by atoms with E-state index in [4.69, 9.17) is 0 Å². The van der Waals surface area contributed by atoms with E-state index in [2.05, 4.69) is 27.8 Å². The van der Waals surface area contributed by atoms with Gasteiger partial charge in [-0.05, 0) is 18.1 Å². The van der Waals surface area contributed by atoms with E-state index in [0.717, 1.165) is 18.7 Å². The molecular formula is C15H18N4OS. The molecule has 5 nitrogen and oxygen atoms in total. The minimum Gasteiger partial charge on any atom is -0.336 e. The number of thioether (sulfide) groups is 1. The zero-order valence-electron chi connectivity index (χ0n) is 11.7. The molecule has 21 heavy (non-hydrogen) atoms. The summed E-state index contributed by atoms with van der Waals surface area (Å²) in [6.07, 6.45) is 6.33. The number of amides is 2. The van der Waals surface area contributed by atoms with Crippen LogP contribution >= 0.6 is 11.8 Å². The maximum absolute atomic E-state index is 12.0. The first-order chi connectivity index (χ1) is 10.3. The van der Waals surface area contributed by atoms with Crippen LogP contribution in [0, 0.1) is 0 Å². The number of aromatic nitrogens is 2. The second-order valence-electron chi connectivity index (χ2n) is 4.93. The van der Waals surface area contributed by atoms with E-state index in [1.165, 1.54) is 10.5 Å². The smallest absolute Gasteiger partial charge is 0.315 e. The molecule has 1 aliphatic heterocycles. The first-order valence-electron chi connectivity index (χ1n) is 7.05. The predicted molar refractivity (Wildman–Crippen MR) is 83.3 cm³/mol. The van der Waals surface area contributed by atoms with Gasteiger partial charge in [-0.25, -0.2) is 9.78 Å². The molecule has 2 N–H and O–H groups in total. The molecule has 0 spiro atoms. The highest BCUT2D eigenvalue weighted by molar-refractivity contribution is 7.99. The molecule has 0 radical (unpaired) electrons. The largest absolute Gasteiger partial charge is 0.336 e. The van der Waals surface area contributed by atoms with Crippen molar-refractivity contribution in [3.8, 4) is 0 Å². The topological polar surface area (TPSA) is 59.0 Å². The molecule has 1 atom stereocenters. The van der Waals surface area contributed by atoms with Crippen molar-refractivity contribution in [1.82, 2.24) is 20.2 Å². The molecule has 110 valence electrons. The lowest BCUT2D eigenvalue weighted by atomic mass is 10.0. The third-order valence-electron chi connectivity index (χ3n) is 3.48. The van der Waals surface area contributed by atoms with Gasteiger partial charge in [0.25, 0.3) is 0 Å². The van der Waals surface area contributed by atoms with E-state index in [1.54, 1.807) is 12.5 Å². The number of nitrogens with one attached hydrogen (secondary N) is 2. The molecule has 6 heteroatoms. The van der Waals surface area contributed by atoms with Crippen LogP contribution in [0.5, 0.6) is 0 Å². The van der Waals surface area contributed by atoms with Crippen molar-refractivity contribution < 1.29 is 4.79 Å². The van der Waals surface area contributed by atoms with Crippen LogP contribution in [-0.2, 0) is 6.54 Å². The maximum Gasteiger partial charge on any atom is 0.315 e. The van der Waals surface area contributed by atoms with E-state index in [9.17, 15) is 4.79 Å². The van der Waals surface area contributed by atoms with Gasteiger partial charge >= 0.3 is 6.03 Å². The van der Waals surface area contributed by atoms with Crippen molar-refractivity contribution in [2.24, 2.45) is 0 Å². The fraction of sp³-hybridized carbons (Fsp3) is 0.333. The highest BCUT2D eigenvalue weighted by Gasteiger charge is 2.21. The third kappa shape index (κ3) is 3.58. The van der Waals surface area contributed by atoms with Gasteiger partial charge in [0.2, 0.25) is 0 Å². The number of hydrogen-bond acceptors (Lipinski definition) is 3. The molecule has 0 saturated heterocycles. The average Bonchev–Trinajstić information content (AvgIpc) is 3.01. The van der Waals surface area contributed by atoms with Crippen molar-refractivity contribution in [3.63, 3.8) is 0 Å². The average molecular weight is 302 g/mol. The molecule has 1 aromatic heterocycles. The van der Waals surface area contributed by atoms with Crippen LogP contribution in [-0.4, -0.2) is 27.9 Å². The second-order valence-corrected chi connectivity index (χ2v) is 6.07. The summed E-state index contributed by atoms with van der Waals surface area (Å²) in [5.41, 5.74) is 1.22. The normalized spacial score (nSPS) is 17.0. The molecule has 1 aliphatic rings. The number of rotatable bonds is 4. The van der Waals surface area contributed by atoms with E-state index in [1.807, 2.05) is 34.7 Å². The molecule has 2 heterocycles. The number of hydrogen-bond donors (Lipinski definition) is 2. The van der Waals surface area contributed by atoms with Gasteiger partial charge in [0.05, 0.1) is 12.4 Å². The lowest BCUT2D eigenvalue weighted by Gasteiger charge is -2.25. The third-order valence-corrected chi connectivity index (χ3v) is 4.60. The van der Waals surface area contributed by atoms with Gasteiger partial charge in [-0.1, -0.05) is 18.2 Å². The van der Waals surface area contributed by atoms with Crippen LogP contribution in [0.4, 0.5) is 4.79 Å². The molecule has 0 unspecified atom stereocenters. The summed E-state index contributed by atoms with van der Waals surface area (Å²) in [5, 5.41) is 5.96. The van der Waals surface area contributed by atoms with Crippen LogP contribution in [0.2, 0.25) is 0 Å². The molecule has 3 rings (SSSR count). The van der Waals surface area contributed by atoms with Gasteiger partial charge in [-0.15, -0.1) is 11.8 Å². The fourth-order valence-corrected chi connectivity index (χ4v) is 3.54. The first kappa shape index (κ1) is 14.0. The van der Waals surface area contributed by atoms with Crippen LogP contribution in [0.3, 0.4) is 0 Å². The molecule has 1 aromatic carbocycles. The molecule has 2 aromatic rings.